The molecule has 4 nitrogen and oxygen atoms in total. The lowest BCUT2D eigenvalue weighted by atomic mass is 9.93. The van der Waals surface area contributed by atoms with Crippen molar-refractivity contribution in [1.82, 2.24) is 19.9 Å². The fourth-order valence-electron chi connectivity index (χ4n) is 7.46. The van der Waals surface area contributed by atoms with E-state index in [0.717, 1.165) is 82.9 Å². The molecule has 0 saturated heterocycles. The zero-order valence-electron chi connectivity index (χ0n) is 28.1. The van der Waals surface area contributed by atoms with Gasteiger partial charge in [0.2, 0.25) is 0 Å². The normalized spacial score (nSPS) is 11.5. The van der Waals surface area contributed by atoms with Gasteiger partial charge in [-0.15, -0.1) is 0 Å². The fourth-order valence-corrected chi connectivity index (χ4v) is 7.46. The molecule has 52 heavy (non-hydrogen) atoms. The Balaban J connectivity index is 1.14. The zero-order chi connectivity index (χ0) is 34.4. The molecule has 0 amide bonds. The van der Waals surface area contributed by atoms with Gasteiger partial charge in [0, 0.05) is 39.9 Å². The van der Waals surface area contributed by atoms with Crippen LogP contribution in [-0.4, -0.2) is 19.9 Å². The third-order valence-corrected chi connectivity index (χ3v) is 10.00. The molecule has 0 radical (unpaired) electrons. The van der Waals surface area contributed by atoms with Crippen molar-refractivity contribution in [3.8, 4) is 56.2 Å². The second kappa shape index (κ2) is 12.4. The maximum atomic E-state index is 5.32. The van der Waals surface area contributed by atoms with Crippen molar-refractivity contribution in [3.63, 3.8) is 0 Å². The first-order valence-electron chi connectivity index (χ1n) is 17.5. The van der Waals surface area contributed by atoms with E-state index in [9.17, 15) is 0 Å². The summed E-state index contributed by atoms with van der Waals surface area (Å²) in [5.41, 5.74) is 11.4. The third kappa shape index (κ3) is 5.17. The highest BCUT2D eigenvalue weighted by molar-refractivity contribution is 6.12. The van der Waals surface area contributed by atoms with Gasteiger partial charge in [0.25, 0.3) is 0 Å². The maximum Gasteiger partial charge on any atom is 0.160 e. The summed E-state index contributed by atoms with van der Waals surface area (Å²) in [6, 6.07) is 59.5. The molecule has 10 aromatic rings. The Hall–Kier alpha value is -7.04. The minimum Gasteiger partial charge on any atom is -0.256 e. The number of hydrogen-bond donors (Lipinski definition) is 0. The monoisotopic (exact) mass is 662 g/mol. The summed E-state index contributed by atoms with van der Waals surface area (Å²) in [5, 5.41) is 6.95. The van der Waals surface area contributed by atoms with Crippen molar-refractivity contribution in [1.29, 1.82) is 0 Å². The first kappa shape index (κ1) is 29.8. The smallest absolute Gasteiger partial charge is 0.160 e. The summed E-state index contributed by atoms with van der Waals surface area (Å²) < 4.78 is 0. The molecule has 0 N–H and O–H groups in total. The van der Waals surface area contributed by atoms with Crippen LogP contribution in [0.5, 0.6) is 0 Å². The van der Waals surface area contributed by atoms with Crippen LogP contribution in [0.3, 0.4) is 0 Å². The molecule has 242 valence electrons. The van der Waals surface area contributed by atoms with Crippen LogP contribution < -0.4 is 0 Å². The van der Waals surface area contributed by atoms with Gasteiger partial charge in [-0.1, -0.05) is 133 Å². The van der Waals surface area contributed by atoms with E-state index in [4.69, 9.17) is 9.97 Å². The summed E-state index contributed by atoms with van der Waals surface area (Å²) >= 11 is 0. The van der Waals surface area contributed by atoms with Crippen LogP contribution >= 0.6 is 0 Å². The number of fused-ring (bicyclic) bond motifs is 4. The van der Waals surface area contributed by atoms with E-state index < -0.39 is 0 Å². The SMILES string of the molecule is c1ccc2c(-c3cc(-c4ccc(-c5ccnc6ccccc56)cc4)nc(-c4ccc(-c5ccnc6ccccc56)cc4)n3)c3ccccc3cc2c1. The zero-order valence-corrected chi connectivity index (χ0v) is 28.1. The summed E-state index contributed by atoms with van der Waals surface area (Å²) in [5.74, 6) is 0.680. The van der Waals surface area contributed by atoms with Crippen molar-refractivity contribution >= 4 is 43.4 Å². The lowest BCUT2D eigenvalue weighted by Crippen LogP contribution is -1.97. The van der Waals surface area contributed by atoms with Gasteiger partial charge in [0.1, 0.15) is 0 Å². The van der Waals surface area contributed by atoms with Crippen LogP contribution in [-0.2, 0) is 0 Å². The molecule has 0 bridgehead atoms. The highest BCUT2D eigenvalue weighted by Gasteiger charge is 2.16. The van der Waals surface area contributed by atoms with Crippen LogP contribution in [0.4, 0.5) is 0 Å². The lowest BCUT2D eigenvalue weighted by Gasteiger charge is -2.15. The summed E-state index contributed by atoms with van der Waals surface area (Å²) in [7, 11) is 0. The van der Waals surface area contributed by atoms with Gasteiger partial charge in [-0.05, 0) is 80.2 Å². The van der Waals surface area contributed by atoms with Crippen molar-refractivity contribution in [2.75, 3.05) is 0 Å². The molecule has 0 aliphatic carbocycles. The number of nitrogens with zero attached hydrogens (tertiary/aromatic N) is 4. The van der Waals surface area contributed by atoms with E-state index in [1.165, 1.54) is 10.8 Å². The van der Waals surface area contributed by atoms with Crippen LogP contribution in [0, 0.1) is 0 Å². The van der Waals surface area contributed by atoms with Gasteiger partial charge in [0.05, 0.1) is 22.4 Å². The number of aromatic nitrogens is 4. The van der Waals surface area contributed by atoms with Gasteiger partial charge >= 0.3 is 0 Å². The average Bonchev–Trinajstić information content (AvgIpc) is 3.22. The molecule has 7 aromatic carbocycles. The number of rotatable bonds is 5. The topological polar surface area (TPSA) is 51.6 Å². The highest BCUT2D eigenvalue weighted by atomic mass is 14.9. The van der Waals surface area contributed by atoms with Crippen molar-refractivity contribution in [3.05, 3.63) is 182 Å². The van der Waals surface area contributed by atoms with E-state index in [1.807, 2.05) is 24.5 Å². The van der Waals surface area contributed by atoms with Crippen LogP contribution in [0.15, 0.2) is 182 Å². The predicted octanol–water partition coefficient (Wildman–Crippen LogP) is 12.2. The fraction of sp³-hybridized carbons (Fsp3) is 0. The van der Waals surface area contributed by atoms with Crippen LogP contribution in [0.2, 0.25) is 0 Å². The van der Waals surface area contributed by atoms with Crippen molar-refractivity contribution < 1.29 is 0 Å². The Bertz CT molecular complexity index is 2740. The summed E-state index contributed by atoms with van der Waals surface area (Å²) in [6.45, 7) is 0. The molecule has 3 aromatic heterocycles. The summed E-state index contributed by atoms with van der Waals surface area (Å²) in [6.07, 6.45) is 3.76. The number of para-hydroxylation sites is 2. The van der Waals surface area contributed by atoms with Crippen molar-refractivity contribution in [2.45, 2.75) is 0 Å². The Morgan fingerprint density at radius 2 is 0.769 bits per heavy atom. The van der Waals surface area contributed by atoms with E-state index in [0.29, 0.717) is 5.82 Å². The second-order valence-electron chi connectivity index (χ2n) is 13.1. The Morgan fingerprint density at radius 3 is 1.33 bits per heavy atom. The van der Waals surface area contributed by atoms with Crippen molar-refractivity contribution in [2.24, 2.45) is 0 Å². The molecule has 0 atom stereocenters. The average molecular weight is 663 g/mol. The lowest BCUT2D eigenvalue weighted by molar-refractivity contribution is 1.19. The van der Waals surface area contributed by atoms with Crippen LogP contribution in [0.1, 0.15) is 0 Å². The molecule has 0 saturated carbocycles. The predicted molar refractivity (Wildman–Crippen MR) is 215 cm³/mol. The Kier molecular flexibility index (Phi) is 7.10. The standard InChI is InChI=1S/C48H30N4/c1-3-11-39-35(9-1)29-36-10-2-4-12-40(36)47(39)46-30-45(33-21-17-31(18-22-33)37-25-27-49-43-15-7-5-13-41(37)43)51-48(52-46)34-23-19-32(20-24-34)38-26-28-50-44-16-8-6-14-42(38)44/h1-30H. The molecule has 0 spiro atoms. The molecule has 0 fully saturated rings. The van der Waals surface area contributed by atoms with E-state index in [2.05, 4.69) is 168 Å². The minimum atomic E-state index is 0.680. The number of pyridine rings is 2. The molecule has 0 aliphatic rings. The largest absolute Gasteiger partial charge is 0.256 e. The molecule has 0 aliphatic heterocycles. The van der Waals surface area contributed by atoms with Gasteiger partial charge in [-0.3, -0.25) is 9.97 Å². The van der Waals surface area contributed by atoms with Gasteiger partial charge in [0.15, 0.2) is 5.82 Å². The minimum absolute atomic E-state index is 0.680. The van der Waals surface area contributed by atoms with E-state index in [1.54, 1.807) is 0 Å². The molecule has 4 heteroatoms. The second-order valence-corrected chi connectivity index (χ2v) is 13.1. The molecular weight excluding hydrogens is 633 g/mol. The van der Waals surface area contributed by atoms with Crippen LogP contribution in [0.25, 0.3) is 99.5 Å². The molecule has 10 rings (SSSR count). The molecule has 0 unspecified atom stereocenters. The van der Waals surface area contributed by atoms with E-state index >= 15 is 0 Å². The quantitative estimate of drug-likeness (QED) is 0.172. The first-order chi connectivity index (χ1) is 25.8. The van der Waals surface area contributed by atoms with Gasteiger partial charge < -0.3 is 0 Å². The highest BCUT2D eigenvalue weighted by Crippen LogP contribution is 2.38. The Labute approximate surface area is 300 Å². The maximum absolute atomic E-state index is 5.32. The van der Waals surface area contributed by atoms with Gasteiger partial charge in [-0.2, -0.15) is 0 Å². The first-order valence-corrected chi connectivity index (χ1v) is 17.5. The Morgan fingerprint density at radius 1 is 0.327 bits per heavy atom. The number of hydrogen-bond acceptors (Lipinski definition) is 4. The van der Waals surface area contributed by atoms with E-state index in [-0.39, 0.29) is 0 Å². The summed E-state index contributed by atoms with van der Waals surface area (Å²) in [4.78, 5) is 19.7. The number of benzene rings is 7. The molecular formula is C48H30N4. The van der Waals surface area contributed by atoms with Gasteiger partial charge in [-0.25, -0.2) is 9.97 Å². The molecule has 3 heterocycles. The third-order valence-electron chi connectivity index (χ3n) is 10.00.